The number of hydrogen-bond donors (Lipinski definition) is 1. The molecule has 1 aliphatic heterocycles. The lowest BCUT2D eigenvalue weighted by molar-refractivity contribution is 0.250. The van der Waals surface area contributed by atoms with Gasteiger partial charge in [0.15, 0.2) is 0 Å². The van der Waals surface area contributed by atoms with Gasteiger partial charge in [-0.1, -0.05) is 13.0 Å². The molecule has 0 radical (unpaired) electrons. The molecule has 108 valence electrons. The first-order valence-corrected chi connectivity index (χ1v) is 9.40. The van der Waals surface area contributed by atoms with E-state index < -0.39 is 10.0 Å². The minimum atomic E-state index is -3.12. The van der Waals surface area contributed by atoms with E-state index in [2.05, 4.69) is 21.1 Å². The molecule has 0 saturated carbocycles. The maximum Gasteiger partial charge on any atom is 0.211 e. The van der Waals surface area contributed by atoms with Gasteiger partial charge in [0.2, 0.25) is 10.0 Å². The summed E-state index contributed by atoms with van der Waals surface area (Å²) in [6, 6.07) is 4.32. The number of sulfonamides is 1. The Morgan fingerprint density at radius 3 is 2.74 bits per heavy atom. The Balaban J connectivity index is 2.02. The Bertz CT molecular complexity index is 465. The number of thiophene rings is 1. The third-order valence-corrected chi connectivity index (χ3v) is 5.95. The summed E-state index contributed by atoms with van der Waals surface area (Å²) in [7, 11) is -3.12. The molecule has 1 aromatic rings. The summed E-state index contributed by atoms with van der Waals surface area (Å²) in [5.41, 5.74) is 0. The van der Waals surface area contributed by atoms with Crippen LogP contribution in [0.2, 0.25) is 0 Å². The zero-order valence-electron chi connectivity index (χ0n) is 11.3. The van der Waals surface area contributed by atoms with Crippen LogP contribution in [-0.4, -0.2) is 38.7 Å². The van der Waals surface area contributed by atoms with E-state index >= 15 is 0 Å². The molecule has 4 nitrogen and oxygen atoms in total. The van der Waals surface area contributed by atoms with Crippen LogP contribution in [-0.2, 0) is 10.0 Å². The number of likely N-dealkylation sites (tertiary alicyclic amines) is 1. The van der Waals surface area contributed by atoms with Crippen molar-refractivity contribution in [3.8, 4) is 0 Å². The fraction of sp³-hybridized carbons (Fsp3) is 0.692. The molecule has 0 spiro atoms. The zero-order chi connectivity index (χ0) is 13.7. The highest BCUT2D eigenvalue weighted by Crippen LogP contribution is 2.27. The third kappa shape index (κ3) is 4.27. The molecule has 1 aliphatic rings. The summed E-state index contributed by atoms with van der Waals surface area (Å²) in [6.07, 6.45) is 3.08. The Hall–Kier alpha value is -0.430. The van der Waals surface area contributed by atoms with Crippen LogP contribution in [0.15, 0.2) is 17.5 Å². The maximum atomic E-state index is 11.8. The first kappa shape index (κ1) is 15.0. The van der Waals surface area contributed by atoms with Gasteiger partial charge in [0.05, 0.1) is 11.8 Å². The van der Waals surface area contributed by atoms with Gasteiger partial charge in [0.1, 0.15) is 0 Å². The minimum Gasteiger partial charge on any atom is -0.294 e. The second kappa shape index (κ2) is 6.83. The molecular weight excluding hydrogens is 280 g/mol. The van der Waals surface area contributed by atoms with Crippen molar-refractivity contribution >= 4 is 21.4 Å². The molecule has 1 fully saturated rings. The topological polar surface area (TPSA) is 49.4 Å². The summed E-state index contributed by atoms with van der Waals surface area (Å²) in [5, 5.41) is 2.05. The first-order valence-electron chi connectivity index (χ1n) is 6.87. The Labute approximate surface area is 119 Å². The van der Waals surface area contributed by atoms with Crippen LogP contribution in [0.3, 0.4) is 0 Å². The fourth-order valence-electron chi connectivity index (χ4n) is 2.49. The van der Waals surface area contributed by atoms with Gasteiger partial charge in [0, 0.05) is 11.4 Å². The predicted molar refractivity (Wildman–Crippen MR) is 79.9 cm³/mol. The standard InChI is InChI=1S/C13H22N2O2S2/c1-2-10-19(16,17)14-11-12(13-6-5-9-18-13)15-7-3-4-8-15/h5-6,9,12,14H,2-4,7-8,10-11H2,1H3. The first-order chi connectivity index (χ1) is 9.12. The van der Waals surface area contributed by atoms with E-state index in [9.17, 15) is 8.42 Å². The molecule has 1 atom stereocenters. The smallest absolute Gasteiger partial charge is 0.211 e. The molecule has 0 bridgehead atoms. The Kier molecular flexibility index (Phi) is 5.38. The van der Waals surface area contributed by atoms with Crippen LogP contribution in [0, 0.1) is 0 Å². The summed E-state index contributed by atoms with van der Waals surface area (Å²) in [6.45, 7) is 4.51. The Morgan fingerprint density at radius 1 is 1.42 bits per heavy atom. The van der Waals surface area contributed by atoms with E-state index in [0.29, 0.717) is 13.0 Å². The van der Waals surface area contributed by atoms with Gasteiger partial charge in [-0.25, -0.2) is 13.1 Å². The van der Waals surface area contributed by atoms with Gasteiger partial charge >= 0.3 is 0 Å². The normalized spacial score (nSPS) is 18.8. The molecule has 1 unspecified atom stereocenters. The van der Waals surface area contributed by atoms with Crippen molar-refractivity contribution in [2.24, 2.45) is 0 Å². The van der Waals surface area contributed by atoms with Gasteiger partial charge in [-0.2, -0.15) is 0 Å². The number of nitrogens with one attached hydrogen (secondary N) is 1. The van der Waals surface area contributed by atoms with E-state index in [-0.39, 0.29) is 11.8 Å². The monoisotopic (exact) mass is 302 g/mol. The second-order valence-corrected chi connectivity index (χ2v) is 7.85. The van der Waals surface area contributed by atoms with Gasteiger partial charge in [0.25, 0.3) is 0 Å². The molecule has 2 heterocycles. The predicted octanol–water partition coefficient (Wildman–Crippen LogP) is 2.21. The van der Waals surface area contributed by atoms with Crippen molar-refractivity contribution < 1.29 is 8.42 Å². The van der Waals surface area contributed by atoms with Gasteiger partial charge in [-0.15, -0.1) is 11.3 Å². The van der Waals surface area contributed by atoms with Crippen molar-refractivity contribution in [1.29, 1.82) is 0 Å². The molecule has 0 aliphatic carbocycles. The molecule has 6 heteroatoms. The lowest BCUT2D eigenvalue weighted by Crippen LogP contribution is -2.37. The molecule has 2 rings (SSSR count). The van der Waals surface area contributed by atoms with E-state index in [1.165, 1.54) is 17.7 Å². The average molecular weight is 302 g/mol. The minimum absolute atomic E-state index is 0.189. The van der Waals surface area contributed by atoms with Crippen molar-refractivity contribution in [2.75, 3.05) is 25.4 Å². The van der Waals surface area contributed by atoms with Crippen molar-refractivity contribution in [3.63, 3.8) is 0 Å². The third-order valence-electron chi connectivity index (χ3n) is 3.42. The van der Waals surface area contributed by atoms with Crippen LogP contribution in [0.1, 0.15) is 37.1 Å². The summed E-state index contributed by atoms with van der Waals surface area (Å²) in [5.74, 6) is 0.212. The van der Waals surface area contributed by atoms with Crippen LogP contribution < -0.4 is 4.72 Å². The number of rotatable bonds is 7. The molecule has 0 amide bonds. The maximum absolute atomic E-state index is 11.8. The van der Waals surface area contributed by atoms with E-state index in [1.54, 1.807) is 11.3 Å². The SMILES string of the molecule is CCCS(=O)(=O)NCC(c1cccs1)N1CCCC1. The summed E-state index contributed by atoms with van der Waals surface area (Å²) >= 11 is 1.71. The lowest BCUT2D eigenvalue weighted by atomic mass is 10.2. The summed E-state index contributed by atoms with van der Waals surface area (Å²) < 4.78 is 26.3. The highest BCUT2D eigenvalue weighted by Gasteiger charge is 2.25. The second-order valence-electron chi connectivity index (χ2n) is 4.94. The largest absolute Gasteiger partial charge is 0.294 e. The van der Waals surface area contributed by atoms with Crippen LogP contribution >= 0.6 is 11.3 Å². The highest BCUT2D eigenvalue weighted by molar-refractivity contribution is 7.89. The van der Waals surface area contributed by atoms with Crippen LogP contribution in [0.5, 0.6) is 0 Å². The van der Waals surface area contributed by atoms with Gasteiger partial charge in [-0.05, 0) is 43.8 Å². The average Bonchev–Trinajstić information content (AvgIpc) is 3.01. The fourth-order valence-corrected chi connectivity index (χ4v) is 4.45. The molecule has 1 N–H and O–H groups in total. The van der Waals surface area contributed by atoms with E-state index in [0.717, 1.165) is 13.1 Å². The molecular formula is C13H22N2O2S2. The zero-order valence-corrected chi connectivity index (χ0v) is 13.0. The molecule has 1 aromatic heterocycles. The molecule has 1 saturated heterocycles. The highest BCUT2D eigenvalue weighted by atomic mass is 32.2. The van der Waals surface area contributed by atoms with Crippen LogP contribution in [0.4, 0.5) is 0 Å². The lowest BCUT2D eigenvalue weighted by Gasteiger charge is -2.26. The van der Waals surface area contributed by atoms with E-state index in [4.69, 9.17) is 0 Å². The molecule has 0 aromatic carbocycles. The van der Waals surface area contributed by atoms with Crippen molar-refractivity contribution in [3.05, 3.63) is 22.4 Å². The van der Waals surface area contributed by atoms with Gasteiger partial charge < -0.3 is 0 Å². The van der Waals surface area contributed by atoms with Crippen molar-refractivity contribution in [2.45, 2.75) is 32.2 Å². The Morgan fingerprint density at radius 2 is 2.16 bits per heavy atom. The number of nitrogens with zero attached hydrogens (tertiary/aromatic N) is 1. The quantitative estimate of drug-likeness (QED) is 0.840. The molecule has 19 heavy (non-hydrogen) atoms. The van der Waals surface area contributed by atoms with Crippen molar-refractivity contribution in [1.82, 2.24) is 9.62 Å². The van der Waals surface area contributed by atoms with E-state index in [1.807, 2.05) is 13.0 Å². The number of hydrogen-bond acceptors (Lipinski definition) is 4. The van der Waals surface area contributed by atoms with Gasteiger partial charge in [-0.3, -0.25) is 4.90 Å². The van der Waals surface area contributed by atoms with Crippen LogP contribution in [0.25, 0.3) is 0 Å². The summed E-state index contributed by atoms with van der Waals surface area (Å²) in [4.78, 5) is 3.64.